The van der Waals surface area contributed by atoms with E-state index in [2.05, 4.69) is 73.8 Å². The van der Waals surface area contributed by atoms with Crippen molar-refractivity contribution >= 4 is 11.4 Å². The van der Waals surface area contributed by atoms with Crippen molar-refractivity contribution in [1.29, 1.82) is 0 Å². The molecule has 0 saturated heterocycles. The van der Waals surface area contributed by atoms with Gasteiger partial charge in [-0.25, -0.2) is 0 Å². The van der Waals surface area contributed by atoms with Gasteiger partial charge in [-0.1, -0.05) is 62.4 Å². The Kier molecular flexibility index (Phi) is 2.48. The van der Waals surface area contributed by atoms with Gasteiger partial charge in [0.15, 0.2) is 0 Å². The predicted octanol–water partition coefficient (Wildman–Crippen LogP) is 4.43. The average molecular weight is 235 g/mol. The quantitative estimate of drug-likeness (QED) is 0.812. The Balaban J connectivity index is 2.00. The summed E-state index contributed by atoms with van der Waals surface area (Å²) in [6, 6.07) is 18.9. The van der Waals surface area contributed by atoms with Crippen LogP contribution in [-0.4, -0.2) is 0 Å². The molecule has 90 valence electrons. The SMILES string of the molecule is CC1(C)C=C(Nc2ccccc2)c2ccccc21. The van der Waals surface area contributed by atoms with Crippen LogP contribution in [-0.2, 0) is 5.41 Å². The van der Waals surface area contributed by atoms with E-state index in [-0.39, 0.29) is 5.41 Å². The lowest BCUT2D eigenvalue weighted by Gasteiger charge is -2.16. The molecule has 0 bridgehead atoms. The number of rotatable bonds is 2. The summed E-state index contributed by atoms with van der Waals surface area (Å²) in [7, 11) is 0. The summed E-state index contributed by atoms with van der Waals surface area (Å²) in [5, 5.41) is 3.51. The average Bonchev–Trinajstić information content (AvgIpc) is 2.63. The van der Waals surface area contributed by atoms with Crippen LogP contribution in [0.1, 0.15) is 25.0 Å². The minimum atomic E-state index is 0.105. The number of allylic oxidation sites excluding steroid dienone is 1. The third-order valence-corrected chi connectivity index (χ3v) is 3.47. The summed E-state index contributed by atoms with van der Waals surface area (Å²) in [5.41, 5.74) is 5.15. The van der Waals surface area contributed by atoms with Gasteiger partial charge in [0.2, 0.25) is 0 Å². The molecule has 1 aliphatic rings. The van der Waals surface area contributed by atoms with E-state index in [0.29, 0.717) is 0 Å². The van der Waals surface area contributed by atoms with Crippen molar-refractivity contribution in [2.45, 2.75) is 19.3 Å². The van der Waals surface area contributed by atoms with E-state index < -0.39 is 0 Å². The Bertz CT molecular complexity index is 594. The number of para-hydroxylation sites is 1. The highest BCUT2D eigenvalue weighted by molar-refractivity contribution is 5.83. The molecule has 1 N–H and O–H groups in total. The number of benzene rings is 2. The van der Waals surface area contributed by atoms with Crippen LogP contribution in [0.25, 0.3) is 5.70 Å². The first-order valence-electron chi connectivity index (χ1n) is 6.32. The minimum absolute atomic E-state index is 0.105. The molecule has 1 nitrogen and oxygen atoms in total. The molecule has 0 saturated carbocycles. The number of hydrogen-bond acceptors (Lipinski definition) is 1. The van der Waals surface area contributed by atoms with E-state index in [9.17, 15) is 0 Å². The van der Waals surface area contributed by atoms with E-state index in [1.165, 1.54) is 16.8 Å². The Morgan fingerprint density at radius 2 is 1.50 bits per heavy atom. The number of fused-ring (bicyclic) bond motifs is 1. The third kappa shape index (κ3) is 1.82. The van der Waals surface area contributed by atoms with E-state index >= 15 is 0 Å². The number of nitrogens with one attached hydrogen (secondary N) is 1. The zero-order valence-corrected chi connectivity index (χ0v) is 10.8. The van der Waals surface area contributed by atoms with E-state index in [0.717, 1.165) is 5.69 Å². The first-order valence-corrected chi connectivity index (χ1v) is 6.32. The molecule has 0 atom stereocenters. The van der Waals surface area contributed by atoms with Crippen molar-refractivity contribution < 1.29 is 0 Å². The summed E-state index contributed by atoms with van der Waals surface area (Å²) < 4.78 is 0. The molecule has 18 heavy (non-hydrogen) atoms. The van der Waals surface area contributed by atoms with Crippen molar-refractivity contribution in [1.82, 2.24) is 0 Å². The zero-order chi connectivity index (χ0) is 12.6. The normalized spacial score (nSPS) is 16.0. The topological polar surface area (TPSA) is 12.0 Å². The summed E-state index contributed by atoms with van der Waals surface area (Å²) in [5.74, 6) is 0. The smallest absolute Gasteiger partial charge is 0.0429 e. The van der Waals surface area contributed by atoms with Crippen LogP contribution in [0.2, 0.25) is 0 Å². The molecule has 0 unspecified atom stereocenters. The Morgan fingerprint density at radius 3 is 2.28 bits per heavy atom. The van der Waals surface area contributed by atoms with Crippen LogP contribution < -0.4 is 5.32 Å². The fraction of sp³-hybridized carbons (Fsp3) is 0.176. The highest BCUT2D eigenvalue weighted by Gasteiger charge is 2.29. The Labute approximate surface area is 108 Å². The maximum Gasteiger partial charge on any atom is 0.0429 e. The number of hydrogen-bond donors (Lipinski definition) is 1. The first-order chi connectivity index (χ1) is 8.67. The molecule has 0 fully saturated rings. The molecular formula is C17H17N. The van der Waals surface area contributed by atoms with Crippen LogP contribution >= 0.6 is 0 Å². The molecule has 1 heteroatoms. The Morgan fingerprint density at radius 1 is 0.833 bits per heavy atom. The predicted molar refractivity (Wildman–Crippen MR) is 77.5 cm³/mol. The second kappa shape index (κ2) is 4.02. The van der Waals surface area contributed by atoms with Gasteiger partial charge in [-0.05, 0) is 17.7 Å². The minimum Gasteiger partial charge on any atom is -0.355 e. The van der Waals surface area contributed by atoms with Gasteiger partial charge in [-0.2, -0.15) is 0 Å². The second-order valence-corrected chi connectivity index (χ2v) is 5.32. The molecule has 0 aromatic heterocycles. The molecule has 2 aromatic carbocycles. The zero-order valence-electron chi connectivity index (χ0n) is 10.8. The summed E-state index contributed by atoms with van der Waals surface area (Å²) in [4.78, 5) is 0. The van der Waals surface area contributed by atoms with Crippen LogP contribution in [0, 0.1) is 0 Å². The van der Waals surface area contributed by atoms with Gasteiger partial charge < -0.3 is 5.32 Å². The Hall–Kier alpha value is -2.02. The van der Waals surface area contributed by atoms with E-state index in [1.54, 1.807) is 0 Å². The van der Waals surface area contributed by atoms with Gasteiger partial charge in [0.25, 0.3) is 0 Å². The maximum atomic E-state index is 3.51. The molecule has 0 aliphatic heterocycles. The molecular weight excluding hydrogens is 218 g/mol. The van der Waals surface area contributed by atoms with Crippen molar-refractivity contribution in [2.24, 2.45) is 0 Å². The first kappa shape index (κ1) is 11.1. The summed E-state index contributed by atoms with van der Waals surface area (Å²) >= 11 is 0. The van der Waals surface area contributed by atoms with Crippen molar-refractivity contribution in [3.63, 3.8) is 0 Å². The maximum absolute atomic E-state index is 3.51. The fourth-order valence-corrected chi connectivity index (χ4v) is 2.58. The van der Waals surface area contributed by atoms with Gasteiger partial charge >= 0.3 is 0 Å². The van der Waals surface area contributed by atoms with Crippen LogP contribution in [0.3, 0.4) is 0 Å². The number of anilines is 1. The van der Waals surface area contributed by atoms with Crippen molar-refractivity contribution in [3.05, 3.63) is 71.8 Å². The highest BCUT2D eigenvalue weighted by Crippen LogP contribution is 2.40. The van der Waals surface area contributed by atoms with Crippen LogP contribution in [0.15, 0.2) is 60.7 Å². The lowest BCUT2D eigenvalue weighted by molar-refractivity contribution is 0.683. The largest absolute Gasteiger partial charge is 0.355 e. The van der Waals surface area contributed by atoms with Crippen molar-refractivity contribution in [3.8, 4) is 0 Å². The fourth-order valence-electron chi connectivity index (χ4n) is 2.58. The molecule has 3 rings (SSSR count). The lowest BCUT2D eigenvalue weighted by atomic mass is 9.87. The van der Waals surface area contributed by atoms with Gasteiger partial charge in [-0.15, -0.1) is 0 Å². The van der Waals surface area contributed by atoms with Crippen LogP contribution in [0.5, 0.6) is 0 Å². The standard InChI is InChI=1S/C17H17N/c1-17(2)12-16(14-10-6-7-11-15(14)17)18-13-8-4-3-5-9-13/h3-12,18H,1-2H3. The van der Waals surface area contributed by atoms with E-state index in [4.69, 9.17) is 0 Å². The van der Waals surface area contributed by atoms with Gasteiger partial charge in [0, 0.05) is 22.4 Å². The van der Waals surface area contributed by atoms with Crippen molar-refractivity contribution in [2.75, 3.05) is 5.32 Å². The lowest BCUT2D eigenvalue weighted by Crippen LogP contribution is -2.10. The molecule has 0 heterocycles. The molecule has 1 aliphatic carbocycles. The van der Waals surface area contributed by atoms with Gasteiger partial charge in [-0.3, -0.25) is 0 Å². The van der Waals surface area contributed by atoms with Crippen LogP contribution in [0.4, 0.5) is 5.69 Å². The molecule has 0 amide bonds. The summed E-state index contributed by atoms with van der Waals surface area (Å²) in [6.07, 6.45) is 2.31. The molecule has 0 spiro atoms. The van der Waals surface area contributed by atoms with Gasteiger partial charge in [0.1, 0.15) is 0 Å². The summed E-state index contributed by atoms with van der Waals surface area (Å²) in [6.45, 7) is 4.51. The highest BCUT2D eigenvalue weighted by atomic mass is 14.9. The van der Waals surface area contributed by atoms with Gasteiger partial charge in [0.05, 0.1) is 0 Å². The molecule has 2 aromatic rings. The van der Waals surface area contributed by atoms with E-state index in [1.807, 2.05) is 6.07 Å². The molecule has 0 radical (unpaired) electrons. The second-order valence-electron chi connectivity index (χ2n) is 5.32. The third-order valence-electron chi connectivity index (χ3n) is 3.47. The monoisotopic (exact) mass is 235 g/mol.